The lowest BCUT2D eigenvalue weighted by atomic mass is 10.2. The Morgan fingerprint density at radius 1 is 1.35 bits per heavy atom. The van der Waals surface area contributed by atoms with Gasteiger partial charge in [0.2, 0.25) is 11.3 Å². The lowest BCUT2D eigenvalue weighted by Gasteiger charge is -2.16. The molecule has 0 saturated carbocycles. The number of likely N-dealkylation sites (N-methyl/N-ethyl adjacent to an activating group) is 1. The number of nitrogens with two attached hydrogens (primary N) is 1. The van der Waals surface area contributed by atoms with Gasteiger partial charge >= 0.3 is 0 Å². The largest absolute Gasteiger partial charge is 0.368 e. The average Bonchev–Trinajstić information content (AvgIpc) is 2.47. The Balaban J connectivity index is 2.53. The smallest absolute Gasteiger partial charge is 0.278 e. The second kappa shape index (κ2) is 6.62. The van der Waals surface area contributed by atoms with E-state index in [1.807, 2.05) is 0 Å². The molecule has 2 N–H and O–H groups in total. The molecule has 0 aliphatic heterocycles. The number of halogens is 1. The predicted octanol–water partition coefficient (Wildman–Crippen LogP) is 0.752. The van der Waals surface area contributed by atoms with Crippen LogP contribution in [-0.2, 0) is 4.79 Å². The van der Waals surface area contributed by atoms with Crippen LogP contribution in [0, 0.1) is 6.92 Å². The fraction of sp³-hybridized carbons (Fsp3) is 0.200. The van der Waals surface area contributed by atoms with Gasteiger partial charge in [-0.05, 0) is 19.1 Å². The zero-order chi connectivity index (χ0) is 17.1. The molecule has 1 aromatic carbocycles. The van der Waals surface area contributed by atoms with E-state index in [1.165, 1.54) is 17.8 Å². The number of hydrogen-bond acceptors (Lipinski definition) is 4. The highest BCUT2D eigenvalue weighted by atomic mass is 35.5. The van der Waals surface area contributed by atoms with Crippen molar-refractivity contribution in [2.75, 3.05) is 13.6 Å². The fourth-order valence-electron chi connectivity index (χ4n) is 2.05. The number of benzene rings is 1. The summed E-state index contributed by atoms with van der Waals surface area (Å²) in [5.41, 5.74) is 5.28. The van der Waals surface area contributed by atoms with Gasteiger partial charge in [0.05, 0.1) is 17.3 Å². The lowest BCUT2D eigenvalue weighted by molar-refractivity contribution is -0.118. The third-order valence-electron chi connectivity index (χ3n) is 3.13. The van der Waals surface area contributed by atoms with Gasteiger partial charge in [-0.25, -0.2) is 4.68 Å². The molecule has 1 aromatic heterocycles. The van der Waals surface area contributed by atoms with Crippen molar-refractivity contribution in [3.05, 3.63) is 57.0 Å². The van der Waals surface area contributed by atoms with Crippen LogP contribution in [0.1, 0.15) is 16.2 Å². The summed E-state index contributed by atoms with van der Waals surface area (Å²) in [5.74, 6) is -1.37. The number of nitrogens with zero attached hydrogens (tertiary/aromatic N) is 3. The van der Waals surface area contributed by atoms with Crippen LogP contribution < -0.4 is 11.2 Å². The van der Waals surface area contributed by atoms with E-state index in [0.29, 0.717) is 16.4 Å². The van der Waals surface area contributed by atoms with Crippen LogP contribution in [0.4, 0.5) is 0 Å². The molecule has 2 rings (SSSR count). The maximum absolute atomic E-state index is 12.3. The van der Waals surface area contributed by atoms with E-state index in [1.54, 1.807) is 31.2 Å². The summed E-state index contributed by atoms with van der Waals surface area (Å²) in [7, 11) is 1.37. The number of amides is 2. The molecule has 120 valence electrons. The molecule has 1 heterocycles. The molecule has 23 heavy (non-hydrogen) atoms. The lowest BCUT2D eigenvalue weighted by Crippen LogP contribution is -2.38. The van der Waals surface area contributed by atoms with Crippen LogP contribution in [0.15, 0.2) is 35.1 Å². The molecule has 0 unspecified atom stereocenters. The molecular weight excluding hydrogens is 320 g/mol. The van der Waals surface area contributed by atoms with Crippen molar-refractivity contribution in [1.82, 2.24) is 14.7 Å². The number of aryl methyl sites for hydroxylation is 1. The van der Waals surface area contributed by atoms with Crippen LogP contribution >= 0.6 is 11.6 Å². The molecule has 0 bridgehead atoms. The van der Waals surface area contributed by atoms with Gasteiger partial charge in [0.1, 0.15) is 0 Å². The molecule has 0 aliphatic carbocycles. The number of rotatable bonds is 4. The highest BCUT2D eigenvalue weighted by Gasteiger charge is 2.20. The molecule has 0 saturated heterocycles. The van der Waals surface area contributed by atoms with Crippen molar-refractivity contribution in [2.45, 2.75) is 6.92 Å². The van der Waals surface area contributed by atoms with Crippen molar-refractivity contribution < 1.29 is 9.59 Å². The number of aromatic nitrogens is 2. The third kappa shape index (κ3) is 3.57. The fourth-order valence-corrected chi connectivity index (χ4v) is 2.27. The summed E-state index contributed by atoms with van der Waals surface area (Å²) in [4.78, 5) is 36.3. The van der Waals surface area contributed by atoms with Gasteiger partial charge in [-0.1, -0.05) is 23.7 Å². The van der Waals surface area contributed by atoms with Crippen LogP contribution in [0.2, 0.25) is 5.02 Å². The van der Waals surface area contributed by atoms with E-state index in [-0.39, 0.29) is 12.2 Å². The van der Waals surface area contributed by atoms with E-state index >= 15 is 0 Å². The van der Waals surface area contributed by atoms with Gasteiger partial charge in [0, 0.05) is 18.8 Å². The van der Waals surface area contributed by atoms with Gasteiger partial charge in [-0.2, -0.15) is 5.10 Å². The molecule has 0 spiro atoms. The number of para-hydroxylation sites is 1. The number of carbonyl (C=O) groups excluding carboxylic acids is 2. The second-order valence-corrected chi connectivity index (χ2v) is 5.40. The van der Waals surface area contributed by atoms with E-state index in [4.69, 9.17) is 17.3 Å². The standard InChI is InChI=1S/C15H15ClN4O3/c1-9-7-12(21)14(15(23)19(2)8-13(17)22)18-20(9)11-6-4-3-5-10(11)16/h3-7H,8H2,1-2H3,(H2,17,22). The molecule has 2 amide bonds. The summed E-state index contributed by atoms with van der Waals surface area (Å²) >= 11 is 6.14. The second-order valence-electron chi connectivity index (χ2n) is 4.99. The maximum Gasteiger partial charge on any atom is 0.278 e. The summed E-state index contributed by atoms with van der Waals surface area (Å²) in [5, 5.41) is 4.53. The molecule has 7 nitrogen and oxygen atoms in total. The normalized spacial score (nSPS) is 10.4. The van der Waals surface area contributed by atoms with Crippen molar-refractivity contribution in [3.63, 3.8) is 0 Å². The van der Waals surface area contributed by atoms with Crippen LogP contribution in [0.5, 0.6) is 0 Å². The predicted molar refractivity (Wildman–Crippen MR) is 85.7 cm³/mol. The molecule has 0 radical (unpaired) electrons. The minimum atomic E-state index is -0.686. The van der Waals surface area contributed by atoms with E-state index in [9.17, 15) is 14.4 Å². The Bertz CT molecular complexity index is 832. The van der Waals surface area contributed by atoms with Gasteiger partial charge in [-0.3, -0.25) is 14.4 Å². The van der Waals surface area contributed by atoms with E-state index in [2.05, 4.69) is 5.10 Å². The summed E-state index contributed by atoms with van der Waals surface area (Å²) in [6, 6.07) is 8.21. The molecule has 0 atom stereocenters. The van der Waals surface area contributed by atoms with Gasteiger partial charge in [0.15, 0.2) is 5.69 Å². The summed E-state index contributed by atoms with van der Waals surface area (Å²) in [6.45, 7) is 1.37. The Labute approximate surface area is 137 Å². The Hall–Kier alpha value is -2.67. The summed E-state index contributed by atoms with van der Waals surface area (Å²) in [6.07, 6.45) is 0. The van der Waals surface area contributed by atoms with Crippen LogP contribution in [0.3, 0.4) is 0 Å². The van der Waals surface area contributed by atoms with Crippen LogP contribution in [0.25, 0.3) is 5.69 Å². The zero-order valence-electron chi connectivity index (χ0n) is 12.6. The Morgan fingerprint density at radius 3 is 2.61 bits per heavy atom. The first kappa shape index (κ1) is 16.7. The summed E-state index contributed by atoms with van der Waals surface area (Å²) < 4.78 is 1.41. The van der Waals surface area contributed by atoms with Crippen molar-refractivity contribution >= 4 is 23.4 Å². The zero-order valence-corrected chi connectivity index (χ0v) is 13.4. The van der Waals surface area contributed by atoms with Crippen molar-refractivity contribution in [3.8, 4) is 5.69 Å². The number of hydrogen-bond donors (Lipinski definition) is 1. The average molecular weight is 335 g/mol. The highest BCUT2D eigenvalue weighted by Crippen LogP contribution is 2.19. The molecule has 0 fully saturated rings. The molecule has 2 aromatic rings. The van der Waals surface area contributed by atoms with Gasteiger partial charge in [-0.15, -0.1) is 0 Å². The maximum atomic E-state index is 12.3. The first-order valence-corrected chi connectivity index (χ1v) is 7.08. The van der Waals surface area contributed by atoms with Crippen molar-refractivity contribution in [2.24, 2.45) is 5.73 Å². The van der Waals surface area contributed by atoms with Crippen LogP contribution in [-0.4, -0.2) is 40.1 Å². The SMILES string of the molecule is Cc1cc(=O)c(C(=O)N(C)CC(N)=O)nn1-c1ccccc1Cl. The first-order chi connectivity index (χ1) is 10.8. The van der Waals surface area contributed by atoms with Crippen molar-refractivity contribution in [1.29, 1.82) is 0 Å². The monoisotopic (exact) mass is 334 g/mol. The number of primary amides is 1. The van der Waals surface area contributed by atoms with Gasteiger partial charge < -0.3 is 10.6 Å². The van der Waals surface area contributed by atoms with Gasteiger partial charge in [0.25, 0.3) is 5.91 Å². The minimum Gasteiger partial charge on any atom is -0.368 e. The topological polar surface area (TPSA) is 98.3 Å². The molecular formula is C15H15ClN4O3. The van der Waals surface area contributed by atoms with E-state index < -0.39 is 17.2 Å². The Morgan fingerprint density at radius 2 is 2.00 bits per heavy atom. The third-order valence-corrected chi connectivity index (χ3v) is 3.45. The Kier molecular flexibility index (Phi) is 4.80. The minimum absolute atomic E-state index is 0.306. The first-order valence-electron chi connectivity index (χ1n) is 6.71. The molecule has 8 heteroatoms. The quantitative estimate of drug-likeness (QED) is 0.892. The molecule has 0 aliphatic rings. The van der Waals surface area contributed by atoms with E-state index in [0.717, 1.165) is 4.90 Å². The highest BCUT2D eigenvalue weighted by molar-refractivity contribution is 6.32. The number of carbonyl (C=O) groups is 2.